The van der Waals surface area contributed by atoms with E-state index in [0.717, 1.165) is 28.2 Å². The minimum Gasteiger partial charge on any atom is -0.461 e. The number of carbonyl (C=O) groups excluding carboxylic acids is 2. The Morgan fingerprint density at radius 1 is 1.26 bits per heavy atom. The number of esters is 1. The number of nitrogens with zero attached hydrogens (tertiary/aromatic N) is 3. The van der Waals surface area contributed by atoms with Crippen molar-refractivity contribution in [3.8, 4) is 5.69 Å². The van der Waals surface area contributed by atoms with E-state index < -0.39 is 28.2 Å². The predicted molar refractivity (Wildman–Crippen MR) is 127 cm³/mol. The molecule has 1 N–H and O–H groups in total. The molecule has 0 bridgehead atoms. The molecule has 0 saturated carbocycles. The Hall–Kier alpha value is -4.45. The fourth-order valence-corrected chi connectivity index (χ4v) is 4.33. The van der Waals surface area contributed by atoms with Crippen molar-refractivity contribution in [2.45, 2.75) is 13.8 Å². The molecule has 0 saturated heterocycles. The Bertz CT molecular complexity index is 1560. The topological polar surface area (TPSA) is 133 Å². The molecule has 0 unspecified atom stereocenters. The van der Waals surface area contributed by atoms with Gasteiger partial charge in [0, 0.05) is 28.0 Å². The summed E-state index contributed by atoms with van der Waals surface area (Å²) in [5.74, 6) is -2.11. The number of halogens is 1. The number of nitro benzene ring substituents is 1. The summed E-state index contributed by atoms with van der Waals surface area (Å²) in [5.41, 5.74) is -0.653. The number of ether oxygens (including phenoxy) is 1. The van der Waals surface area contributed by atoms with Gasteiger partial charge in [-0.25, -0.2) is 9.18 Å². The van der Waals surface area contributed by atoms with Gasteiger partial charge in [-0.3, -0.25) is 19.7 Å². The van der Waals surface area contributed by atoms with Gasteiger partial charge in [-0.05, 0) is 38.1 Å². The van der Waals surface area contributed by atoms with Crippen LogP contribution in [0, 0.1) is 22.9 Å². The smallest absolute Gasteiger partial charge is 0.359 e. The van der Waals surface area contributed by atoms with Gasteiger partial charge in [0.25, 0.3) is 17.2 Å². The number of hydrogen-bond acceptors (Lipinski definition) is 8. The van der Waals surface area contributed by atoms with Gasteiger partial charge < -0.3 is 10.1 Å². The van der Waals surface area contributed by atoms with E-state index in [-0.39, 0.29) is 45.0 Å². The fourth-order valence-electron chi connectivity index (χ4n) is 3.40. The molecule has 0 aliphatic rings. The molecule has 12 heteroatoms. The van der Waals surface area contributed by atoms with Crippen LogP contribution in [-0.4, -0.2) is 33.2 Å². The molecule has 178 valence electrons. The second-order valence-electron chi connectivity index (χ2n) is 7.33. The van der Waals surface area contributed by atoms with Crippen LogP contribution in [-0.2, 0) is 4.74 Å². The number of aryl methyl sites for hydroxylation is 1. The van der Waals surface area contributed by atoms with Crippen LogP contribution in [0.15, 0.2) is 52.6 Å². The largest absolute Gasteiger partial charge is 0.461 e. The van der Waals surface area contributed by atoms with Crippen molar-refractivity contribution in [1.29, 1.82) is 0 Å². The summed E-state index contributed by atoms with van der Waals surface area (Å²) in [6, 6.07) is 9.09. The monoisotopic (exact) mass is 496 g/mol. The highest BCUT2D eigenvalue weighted by Gasteiger charge is 2.24. The molecule has 2 aromatic heterocycles. The van der Waals surface area contributed by atoms with Crippen molar-refractivity contribution < 1.29 is 23.6 Å². The van der Waals surface area contributed by atoms with E-state index in [9.17, 15) is 28.9 Å². The zero-order chi connectivity index (χ0) is 25.3. The van der Waals surface area contributed by atoms with Crippen LogP contribution in [0.4, 0.5) is 15.1 Å². The van der Waals surface area contributed by atoms with Gasteiger partial charge in [0.1, 0.15) is 10.8 Å². The maximum Gasteiger partial charge on any atom is 0.359 e. The zero-order valence-corrected chi connectivity index (χ0v) is 19.2. The molecule has 4 rings (SSSR count). The van der Waals surface area contributed by atoms with E-state index in [1.807, 2.05) is 0 Å². The molecule has 10 nitrogen and oxygen atoms in total. The molecule has 2 aromatic carbocycles. The number of aromatic nitrogens is 2. The lowest BCUT2D eigenvalue weighted by molar-refractivity contribution is -0.385. The minimum absolute atomic E-state index is 0.00831. The van der Waals surface area contributed by atoms with Gasteiger partial charge in [-0.1, -0.05) is 12.1 Å². The summed E-state index contributed by atoms with van der Waals surface area (Å²) in [6.07, 6.45) is 0. The summed E-state index contributed by atoms with van der Waals surface area (Å²) in [7, 11) is 0. The fraction of sp³-hybridized carbons (Fsp3) is 0.130. The van der Waals surface area contributed by atoms with E-state index in [1.165, 1.54) is 35.7 Å². The number of nitro groups is 1. The minimum atomic E-state index is -0.799. The van der Waals surface area contributed by atoms with Crippen LogP contribution < -0.4 is 10.9 Å². The number of fused-ring (bicyclic) bond motifs is 1. The Kier molecular flexibility index (Phi) is 6.38. The summed E-state index contributed by atoms with van der Waals surface area (Å²) in [4.78, 5) is 49.5. The van der Waals surface area contributed by atoms with Crippen LogP contribution in [0.25, 0.3) is 16.5 Å². The quantitative estimate of drug-likeness (QED) is 0.240. The molecular weight excluding hydrogens is 479 g/mol. The van der Waals surface area contributed by atoms with Gasteiger partial charge in [0.15, 0.2) is 5.69 Å². The maximum atomic E-state index is 13.8. The number of amides is 1. The molecule has 4 aromatic rings. The molecule has 0 atom stereocenters. The summed E-state index contributed by atoms with van der Waals surface area (Å²) in [6.45, 7) is 3.21. The highest BCUT2D eigenvalue weighted by molar-refractivity contribution is 7.16. The van der Waals surface area contributed by atoms with Crippen molar-refractivity contribution >= 4 is 44.7 Å². The molecule has 0 fully saturated rings. The number of anilines is 1. The SMILES string of the molecule is CCOC(=O)c1nn(-c2cccc(F)c2)c(=O)c2c(NC(=O)c3ccc(C)c([N+](=O)[O-])c3)scc12. The molecule has 1 amide bonds. The normalized spacial score (nSPS) is 10.8. The van der Waals surface area contributed by atoms with Gasteiger partial charge in [0.05, 0.1) is 22.6 Å². The number of benzene rings is 2. The lowest BCUT2D eigenvalue weighted by Gasteiger charge is -2.10. The number of hydrogen-bond donors (Lipinski definition) is 1. The molecule has 0 aliphatic heterocycles. The highest BCUT2D eigenvalue weighted by Crippen LogP contribution is 2.31. The molecule has 2 heterocycles. The number of rotatable bonds is 6. The Morgan fingerprint density at radius 2 is 2.03 bits per heavy atom. The van der Waals surface area contributed by atoms with Gasteiger partial charge >= 0.3 is 5.97 Å². The van der Waals surface area contributed by atoms with Crippen LogP contribution in [0.3, 0.4) is 0 Å². The van der Waals surface area contributed by atoms with Crippen molar-refractivity contribution in [3.63, 3.8) is 0 Å². The lowest BCUT2D eigenvalue weighted by Crippen LogP contribution is -2.25. The molecule has 0 aliphatic carbocycles. The van der Waals surface area contributed by atoms with Crippen LogP contribution in [0.2, 0.25) is 0 Å². The molecular formula is C23H17FN4O6S. The van der Waals surface area contributed by atoms with E-state index >= 15 is 0 Å². The Balaban J connectivity index is 1.86. The number of carbonyl (C=O) groups is 2. The second kappa shape index (κ2) is 9.43. The van der Waals surface area contributed by atoms with Gasteiger partial charge in [-0.15, -0.1) is 11.3 Å². The predicted octanol–water partition coefficient (Wildman–Crippen LogP) is 4.23. The van der Waals surface area contributed by atoms with Crippen molar-refractivity contribution in [2.24, 2.45) is 0 Å². The standard InChI is InChI=1S/C23H17FN4O6S/c1-3-34-23(31)19-16-11-35-21(25-20(29)13-8-7-12(2)17(9-13)28(32)33)18(16)22(30)27(26-19)15-6-4-5-14(24)10-15/h4-11H,3H2,1-2H3,(H,25,29). The van der Waals surface area contributed by atoms with Crippen molar-refractivity contribution in [2.75, 3.05) is 11.9 Å². The summed E-state index contributed by atoms with van der Waals surface area (Å²) in [5, 5.41) is 19.6. The van der Waals surface area contributed by atoms with Crippen molar-refractivity contribution in [1.82, 2.24) is 9.78 Å². The summed E-state index contributed by atoms with van der Waals surface area (Å²) < 4.78 is 19.8. The van der Waals surface area contributed by atoms with Crippen LogP contribution in [0.1, 0.15) is 33.3 Å². The first kappa shape index (κ1) is 23.7. The number of nitrogens with one attached hydrogen (secondary N) is 1. The molecule has 0 spiro atoms. The van der Waals surface area contributed by atoms with E-state index in [2.05, 4.69) is 10.4 Å². The lowest BCUT2D eigenvalue weighted by atomic mass is 10.1. The molecule has 0 radical (unpaired) electrons. The van der Waals surface area contributed by atoms with Gasteiger partial charge in [0.2, 0.25) is 0 Å². The zero-order valence-electron chi connectivity index (χ0n) is 18.4. The second-order valence-corrected chi connectivity index (χ2v) is 8.21. The van der Waals surface area contributed by atoms with Crippen LogP contribution >= 0.6 is 11.3 Å². The Labute approximate surface area is 200 Å². The first-order chi connectivity index (χ1) is 16.7. The van der Waals surface area contributed by atoms with Crippen LogP contribution in [0.5, 0.6) is 0 Å². The highest BCUT2D eigenvalue weighted by atomic mass is 32.1. The third-order valence-electron chi connectivity index (χ3n) is 5.07. The maximum absolute atomic E-state index is 13.8. The van der Waals surface area contributed by atoms with Gasteiger partial charge in [-0.2, -0.15) is 9.78 Å². The van der Waals surface area contributed by atoms with E-state index in [4.69, 9.17) is 4.74 Å². The average Bonchev–Trinajstić information content (AvgIpc) is 3.23. The molecule has 35 heavy (non-hydrogen) atoms. The third kappa shape index (κ3) is 4.51. The average molecular weight is 496 g/mol. The first-order valence-electron chi connectivity index (χ1n) is 10.2. The number of thiophene rings is 1. The van der Waals surface area contributed by atoms with Crippen molar-refractivity contribution in [3.05, 3.63) is 91.0 Å². The first-order valence-corrected chi connectivity index (χ1v) is 11.1. The third-order valence-corrected chi connectivity index (χ3v) is 5.96. The van der Waals surface area contributed by atoms with E-state index in [0.29, 0.717) is 5.56 Å². The Morgan fingerprint density at radius 3 is 2.71 bits per heavy atom. The summed E-state index contributed by atoms with van der Waals surface area (Å²) >= 11 is 0.969. The van der Waals surface area contributed by atoms with E-state index in [1.54, 1.807) is 13.8 Å².